The van der Waals surface area contributed by atoms with Crippen molar-refractivity contribution in [1.29, 1.82) is 0 Å². The van der Waals surface area contributed by atoms with E-state index in [1.165, 1.54) is 15.6 Å². The molecular formula is C21H21N5O4. The second-order valence-corrected chi connectivity index (χ2v) is 6.47. The number of anilines is 1. The number of nitrogens with two attached hydrogens (primary N) is 1. The molecule has 0 fully saturated rings. The summed E-state index contributed by atoms with van der Waals surface area (Å²) in [6, 6.07) is 16.9. The molecule has 0 atom stereocenters. The molecule has 9 heteroatoms. The number of hydrogen-bond acceptors (Lipinski definition) is 5. The summed E-state index contributed by atoms with van der Waals surface area (Å²) in [7, 11) is 0. The van der Waals surface area contributed by atoms with Gasteiger partial charge in [0.1, 0.15) is 0 Å². The second-order valence-electron chi connectivity index (χ2n) is 6.47. The van der Waals surface area contributed by atoms with Crippen LogP contribution in [0.4, 0.5) is 10.5 Å². The fraction of sp³-hybridized carbons (Fsp3) is 0.143. The van der Waals surface area contributed by atoms with Gasteiger partial charge in [-0.3, -0.25) is 9.69 Å². The number of nitrogens with zero attached hydrogens (tertiary/aromatic N) is 4. The lowest BCUT2D eigenvalue weighted by atomic mass is 10.1. The molecule has 0 saturated heterocycles. The average Bonchev–Trinajstić information content (AvgIpc) is 2.75. The summed E-state index contributed by atoms with van der Waals surface area (Å²) in [4.78, 5) is 24.9. The minimum Gasteiger partial charge on any atom is -0.465 e. The van der Waals surface area contributed by atoms with E-state index in [1.54, 1.807) is 55.5 Å². The van der Waals surface area contributed by atoms with Crippen molar-refractivity contribution in [3.63, 3.8) is 0 Å². The zero-order chi connectivity index (χ0) is 21.7. The zero-order valence-electron chi connectivity index (χ0n) is 16.3. The van der Waals surface area contributed by atoms with E-state index in [2.05, 4.69) is 10.3 Å². The van der Waals surface area contributed by atoms with E-state index >= 15 is 0 Å². The Labute approximate surface area is 172 Å². The maximum atomic E-state index is 12.3. The predicted octanol–water partition coefficient (Wildman–Crippen LogP) is 2.56. The van der Waals surface area contributed by atoms with E-state index in [0.717, 1.165) is 11.1 Å². The number of benzene rings is 2. The standard InChI is InChI=1S/C21H21N5O4/c1-2-25(21(28)29)17-5-3-4-14(12-17)13-26-19(27)11-10-18(23-26)15-6-8-16(9-7-15)20(22)24-30/h3-12,30H,2,13H2,1H3,(H2,22,24)(H,28,29). The highest BCUT2D eigenvalue weighted by Crippen LogP contribution is 2.18. The molecule has 1 heterocycles. The fourth-order valence-electron chi connectivity index (χ4n) is 3.01. The lowest BCUT2D eigenvalue weighted by Gasteiger charge is -2.18. The summed E-state index contributed by atoms with van der Waals surface area (Å²) in [5.74, 6) is 0.00171. The number of rotatable bonds is 6. The van der Waals surface area contributed by atoms with Crippen molar-refractivity contribution in [2.24, 2.45) is 10.9 Å². The highest BCUT2D eigenvalue weighted by molar-refractivity contribution is 5.97. The van der Waals surface area contributed by atoms with E-state index < -0.39 is 6.09 Å². The van der Waals surface area contributed by atoms with E-state index in [9.17, 15) is 14.7 Å². The van der Waals surface area contributed by atoms with Crippen molar-refractivity contribution in [3.05, 3.63) is 82.1 Å². The third kappa shape index (κ3) is 4.46. The van der Waals surface area contributed by atoms with Crippen LogP contribution in [0, 0.1) is 0 Å². The van der Waals surface area contributed by atoms with E-state index in [-0.39, 0.29) is 17.9 Å². The normalized spacial score (nSPS) is 11.3. The Balaban J connectivity index is 1.90. The smallest absolute Gasteiger partial charge is 0.411 e. The Morgan fingerprint density at radius 3 is 2.53 bits per heavy atom. The molecule has 2 aromatic carbocycles. The molecule has 0 aliphatic carbocycles. The first-order chi connectivity index (χ1) is 14.4. The summed E-state index contributed by atoms with van der Waals surface area (Å²) in [6.07, 6.45) is -1.04. The number of aromatic nitrogens is 2. The molecule has 30 heavy (non-hydrogen) atoms. The zero-order valence-corrected chi connectivity index (χ0v) is 16.3. The molecule has 0 spiro atoms. The van der Waals surface area contributed by atoms with Crippen molar-refractivity contribution in [1.82, 2.24) is 9.78 Å². The van der Waals surface area contributed by atoms with Gasteiger partial charge in [0, 0.05) is 29.4 Å². The lowest BCUT2D eigenvalue weighted by molar-refractivity contribution is 0.202. The van der Waals surface area contributed by atoms with Crippen molar-refractivity contribution in [2.45, 2.75) is 13.5 Å². The van der Waals surface area contributed by atoms with Gasteiger partial charge in [0.05, 0.1) is 12.2 Å². The van der Waals surface area contributed by atoms with Crippen LogP contribution < -0.4 is 16.2 Å². The molecule has 1 aromatic heterocycles. The Morgan fingerprint density at radius 2 is 1.90 bits per heavy atom. The van der Waals surface area contributed by atoms with Crippen LogP contribution in [-0.4, -0.2) is 38.6 Å². The lowest BCUT2D eigenvalue weighted by Crippen LogP contribution is -2.29. The van der Waals surface area contributed by atoms with Crippen molar-refractivity contribution in [3.8, 4) is 11.3 Å². The van der Waals surface area contributed by atoms with Gasteiger partial charge in [0.25, 0.3) is 5.56 Å². The summed E-state index contributed by atoms with van der Waals surface area (Å²) in [5, 5.41) is 25.5. The number of hydrogen-bond donors (Lipinski definition) is 3. The third-order valence-electron chi connectivity index (χ3n) is 4.55. The number of carboxylic acid groups (broad SMARTS) is 1. The number of amides is 1. The van der Waals surface area contributed by atoms with Crippen LogP contribution in [-0.2, 0) is 6.54 Å². The van der Waals surface area contributed by atoms with E-state index in [0.29, 0.717) is 23.5 Å². The quantitative estimate of drug-likeness (QED) is 0.249. The van der Waals surface area contributed by atoms with Crippen LogP contribution in [0.3, 0.4) is 0 Å². The number of oxime groups is 1. The van der Waals surface area contributed by atoms with Gasteiger partial charge < -0.3 is 16.0 Å². The molecule has 0 aliphatic rings. The van der Waals surface area contributed by atoms with Gasteiger partial charge in [-0.05, 0) is 30.7 Å². The Morgan fingerprint density at radius 1 is 1.17 bits per heavy atom. The molecule has 0 aliphatic heterocycles. The Kier molecular flexibility index (Phi) is 6.11. The number of amidine groups is 1. The highest BCUT2D eigenvalue weighted by atomic mass is 16.4. The van der Waals surface area contributed by atoms with E-state index in [4.69, 9.17) is 10.9 Å². The van der Waals surface area contributed by atoms with Crippen LogP contribution in [0.2, 0.25) is 0 Å². The molecule has 0 bridgehead atoms. The average molecular weight is 407 g/mol. The van der Waals surface area contributed by atoms with Crippen LogP contribution in [0.15, 0.2) is 70.6 Å². The van der Waals surface area contributed by atoms with Gasteiger partial charge in [-0.2, -0.15) is 5.10 Å². The predicted molar refractivity (Wildman–Crippen MR) is 113 cm³/mol. The van der Waals surface area contributed by atoms with Crippen molar-refractivity contribution in [2.75, 3.05) is 11.4 Å². The van der Waals surface area contributed by atoms with Gasteiger partial charge in [0.15, 0.2) is 5.84 Å². The summed E-state index contributed by atoms with van der Waals surface area (Å²) in [5.41, 5.74) is 8.48. The topological polar surface area (TPSA) is 134 Å². The Hall–Kier alpha value is -4.14. The van der Waals surface area contributed by atoms with Gasteiger partial charge in [-0.25, -0.2) is 9.48 Å². The minimum absolute atomic E-state index is 0.00171. The number of carbonyl (C=O) groups is 1. The summed E-state index contributed by atoms with van der Waals surface area (Å²) < 4.78 is 1.32. The molecule has 3 rings (SSSR count). The first kappa shape index (κ1) is 20.6. The maximum Gasteiger partial charge on any atom is 0.411 e. The molecule has 1 amide bonds. The van der Waals surface area contributed by atoms with Gasteiger partial charge in [0.2, 0.25) is 0 Å². The van der Waals surface area contributed by atoms with Crippen LogP contribution in [0.25, 0.3) is 11.3 Å². The van der Waals surface area contributed by atoms with Crippen LogP contribution in [0.5, 0.6) is 0 Å². The molecule has 4 N–H and O–H groups in total. The molecule has 0 unspecified atom stereocenters. The minimum atomic E-state index is -1.04. The van der Waals surface area contributed by atoms with Gasteiger partial charge in [-0.15, -0.1) is 0 Å². The third-order valence-corrected chi connectivity index (χ3v) is 4.55. The summed E-state index contributed by atoms with van der Waals surface area (Å²) in [6.45, 7) is 2.26. The van der Waals surface area contributed by atoms with E-state index in [1.807, 2.05) is 6.07 Å². The molecule has 3 aromatic rings. The van der Waals surface area contributed by atoms with Gasteiger partial charge >= 0.3 is 6.09 Å². The highest BCUT2D eigenvalue weighted by Gasteiger charge is 2.12. The monoisotopic (exact) mass is 407 g/mol. The molecular weight excluding hydrogens is 386 g/mol. The molecule has 0 saturated carbocycles. The largest absolute Gasteiger partial charge is 0.465 e. The molecule has 9 nitrogen and oxygen atoms in total. The first-order valence-corrected chi connectivity index (χ1v) is 9.19. The Bertz CT molecular complexity index is 1140. The maximum absolute atomic E-state index is 12.3. The van der Waals surface area contributed by atoms with Crippen molar-refractivity contribution < 1.29 is 15.1 Å². The first-order valence-electron chi connectivity index (χ1n) is 9.19. The fourth-order valence-corrected chi connectivity index (χ4v) is 3.01. The van der Waals surface area contributed by atoms with Crippen LogP contribution >= 0.6 is 0 Å². The van der Waals surface area contributed by atoms with Crippen molar-refractivity contribution >= 4 is 17.6 Å². The SMILES string of the molecule is CCN(C(=O)O)c1cccc(Cn2nc(-c3ccc(C(N)=NO)cc3)ccc2=O)c1. The second kappa shape index (κ2) is 8.91. The van der Waals surface area contributed by atoms with Crippen LogP contribution in [0.1, 0.15) is 18.1 Å². The molecule has 154 valence electrons. The van der Waals surface area contributed by atoms with Gasteiger partial charge in [-0.1, -0.05) is 41.6 Å². The molecule has 0 radical (unpaired) electrons. The summed E-state index contributed by atoms with van der Waals surface area (Å²) >= 11 is 0.